The van der Waals surface area contributed by atoms with E-state index < -0.39 is 0 Å². The van der Waals surface area contributed by atoms with Crippen molar-refractivity contribution in [1.29, 1.82) is 0 Å². The van der Waals surface area contributed by atoms with Gasteiger partial charge in [0.15, 0.2) is 0 Å². The van der Waals surface area contributed by atoms with E-state index in [9.17, 15) is 4.79 Å². The summed E-state index contributed by atoms with van der Waals surface area (Å²) in [7, 11) is 0. The number of aryl methyl sites for hydroxylation is 1. The molecule has 0 saturated carbocycles. The lowest BCUT2D eigenvalue weighted by molar-refractivity contribution is -0.116. The molecule has 1 fully saturated rings. The predicted molar refractivity (Wildman–Crippen MR) is 87.6 cm³/mol. The van der Waals surface area contributed by atoms with Crippen molar-refractivity contribution < 1.29 is 4.79 Å². The van der Waals surface area contributed by atoms with E-state index in [4.69, 9.17) is 11.6 Å². The molecule has 19 heavy (non-hydrogen) atoms. The van der Waals surface area contributed by atoms with Crippen molar-refractivity contribution in [2.75, 3.05) is 28.8 Å². The molecule has 104 valence electrons. The molecule has 0 aliphatic carbocycles. The van der Waals surface area contributed by atoms with Crippen LogP contribution >= 0.6 is 35.1 Å². The topological polar surface area (TPSA) is 20.3 Å². The highest BCUT2D eigenvalue weighted by Crippen LogP contribution is 2.34. The Kier molecular flexibility index (Phi) is 5.92. The Morgan fingerprint density at radius 2 is 2.05 bits per heavy atom. The fourth-order valence-corrected chi connectivity index (χ4v) is 5.05. The van der Waals surface area contributed by atoms with Crippen LogP contribution < -0.4 is 4.90 Å². The summed E-state index contributed by atoms with van der Waals surface area (Å²) < 4.78 is 0.470. The SMILES string of the molecule is CCc1ccccc1N(CC1SCCS1)C(=O)CCl. The average Bonchev–Trinajstić information content (AvgIpc) is 2.97. The molecular formula is C14H18ClNOS2. The van der Waals surface area contributed by atoms with E-state index in [0.29, 0.717) is 4.58 Å². The third-order valence-electron chi connectivity index (χ3n) is 3.10. The number of benzene rings is 1. The van der Waals surface area contributed by atoms with E-state index in [-0.39, 0.29) is 11.8 Å². The summed E-state index contributed by atoms with van der Waals surface area (Å²) in [6, 6.07) is 8.11. The van der Waals surface area contributed by atoms with Gasteiger partial charge in [-0.3, -0.25) is 4.79 Å². The molecule has 2 nitrogen and oxygen atoms in total. The van der Waals surface area contributed by atoms with Gasteiger partial charge in [-0.2, -0.15) is 0 Å². The molecule has 1 heterocycles. The van der Waals surface area contributed by atoms with Crippen LogP contribution in [-0.2, 0) is 11.2 Å². The van der Waals surface area contributed by atoms with Gasteiger partial charge in [-0.05, 0) is 18.1 Å². The summed E-state index contributed by atoms with van der Waals surface area (Å²) >= 11 is 9.64. The molecule has 0 unspecified atom stereocenters. The van der Waals surface area contributed by atoms with E-state index in [1.807, 2.05) is 46.6 Å². The zero-order valence-electron chi connectivity index (χ0n) is 11.0. The smallest absolute Gasteiger partial charge is 0.241 e. The molecule has 0 aromatic heterocycles. The number of rotatable bonds is 5. The largest absolute Gasteiger partial charge is 0.309 e. The van der Waals surface area contributed by atoms with E-state index in [1.54, 1.807) is 0 Å². The predicted octanol–water partition coefficient (Wildman–Crippen LogP) is 3.63. The van der Waals surface area contributed by atoms with Crippen LogP contribution in [0, 0.1) is 0 Å². The maximum Gasteiger partial charge on any atom is 0.241 e. The summed E-state index contributed by atoms with van der Waals surface area (Å²) in [6.07, 6.45) is 0.924. The van der Waals surface area contributed by atoms with E-state index in [2.05, 4.69) is 13.0 Å². The molecule has 1 amide bonds. The Morgan fingerprint density at radius 3 is 2.68 bits per heavy atom. The van der Waals surface area contributed by atoms with Crippen molar-refractivity contribution >= 4 is 46.7 Å². The second kappa shape index (κ2) is 7.46. The van der Waals surface area contributed by atoms with Crippen LogP contribution in [0.3, 0.4) is 0 Å². The minimum absolute atomic E-state index is 0.00401. The Balaban J connectivity index is 2.23. The van der Waals surface area contributed by atoms with Crippen molar-refractivity contribution in [2.24, 2.45) is 0 Å². The Bertz CT molecular complexity index is 435. The molecule has 2 rings (SSSR count). The summed E-state index contributed by atoms with van der Waals surface area (Å²) in [4.78, 5) is 14.0. The van der Waals surface area contributed by atoms with Crippen molar-refractivity contribution in [3.8, 4) is 0 Å². The van der Waals surface area contributed by atoms with Gasteiger partial charge in [-0.25, -0.2) is 0 Å². The molecule has 1 aliphatic rings. The quantitative estimate of drug-likeness (QED) is 0.774. The Morgan fingerprint density at radius 1 is 1.37 bits per heavy atom. The van der Waals surface area contributed by atoms with Gasteiger partial charge in [0.25, 0.3) is 0 Å². The number of carbonyl (C=O) groups excluding carboxylic acids is 1. The zero-order chi connectivity index (χ0) is 13.7. The van der Waals surface area contributed by atoms with Crippen LogP contribution in [0.4, 0.5) is 5.69 Å². The highest BCUT2D eigenvalue weighted by Gasteiger charge is 2.24. The number of amides is 1. The summed E-state index contributed by atoms with van der Waals surface area (Å²) in [5.41, 5.74) is 2.22. The third kappa shape index (κ3) is 3.83. The standard InChI is InChI=1S/C14H18ClNOS2/c1-2-11-5-3-4-6-12(11)16(13(17)9-15)10-14-18-7-8-19-14/h3-6,14H,2,7-10H2,1H3. The van der Waals surface area contributed by atoms with Crippen molar-refractivity contribution in [1.82, 2.24) is 0 Å². The van der Waals surface area contributed by atoms with Gasteiger partial charge in [-0.1, -0.05) is 25.1 Å². The van der Waals surface area contributed by atoms with E-state index in [0.717, 1.165) is 18.7 Å². The minimum atomic E-state index is -0.00401. The minimum Gasteiger partial charge on any atom is -0.309 e. The first-order valence-corrected chi connectivity index (χ1v) is 9.07. The number of thioether (sulfide) groups is 2. The van der Waals surface area contributed by atoms with Crippen LogP contribution in [0.25, 0.3) is 0 Å². The summed E-state index contributed by atoms with van der Waals surface area (Å²) in [6.45, 7) is 2.86. The van der Waals surface area contributed by atoms with Gasteiger partial charge in [0.05, 0.1) is 4.58 Å². The number of alkyl halides is 1. The molecule has 0 bridgehead atoms. The summed E-state index contributed by atoms with van der Waals surface area (Å²) in [5, 5.41) is 0. The second-order valence-corrected chi connectivity index (χ2v) is 7.48. The monoisotopic (exact) mass is 315 g/mol. The van der Waals surface area contributed by atoms with Crippen LogP contribution in [0.2, 0.25) is 0 Å². The highest BCUT2D eigenvalue weighted by molar-refractivity contribution is 8.20. The van der Waals surface area contributed by atoms with Gasteiger partial charge in [-0.15, -0.1) is 35.1 Å². The summed E-state index contributed by atoms with van der Waals surface area (Å²) in [5.74, 6) is 2.39. The first-order valence-electron chi connectivity index (χ1n) is 6.43. The number of anilines is 1. The lowest BCUT2D eigenvalue weighted by atomic mass is 10.1. The number of halogens is 1. The first kappa shape index (κ1) is 15.1. The molecule has 1 aromatic carbocycles. The zero-order valence-corrected chi connectivity index (χ0v) is 13.4. The first-order chi connectivity index (χ1) is 9.26. The number of hydrogen-bond donors (Lipinski definition) is 0. The molecule has 1 aromatic rings. The van der Waals surface area contributed by atoms with Crippen LogP contribution in [-0.4, -0.2) is 34.4 Å². The highest BCUT2D eigenvalue weighted by atomic mass is 35.5. The second-order valence-electron chi connectivity index (χ2n) is 4.29. The van der Waals surface area contributed by atoms with Crippen molar-refractivity contribution in [3.63, 3.8) is 0 Å². The van der Waals surface area contributed by atoms with Crippen LogP contribution in [0.1, 0.15) is 12.5 Å². The van der Waals surface area contributed by atoms with Gasteiger partial charge in [0.1, 0.15) is 5.88 Å². The van der Waals surface area contributed by atoms with Crippen LogP contribution in [0.5, 0.6) is 0 Å². The van der Waals surface area contributed by atoms with E-state index in [1.165, 1.54) is 17.1 Å². The van der Waals surface area contributed by atoms with Crippen LogP contribution in [0.15, 0.2) is 24.3 Å². The Labute approximate surface area is 128 Å². The lowest BCUT2D eigenvalue weighted by Crippen LogP contribution is -2.36. The van der Waals surface area contributed by atoms with Gasteiger partial charge < -0.3 is 4.90 Å². The molecular weight excluding hydrogens is 298 g/mol. The fourth-order valence-electron chi connectivity index (χ4n) is 2.14. The average molecular weight is 316 g/mol. The van der Waals surface area contributed by atoms with E-state index >= 15 is 0 Å². The molecule has 5 heteroatoms. The Hall–Kier alpha value is -0.320. The third-order valence-corrected chi connectivity index (χ3v) is 6.33. The fraction of sp³-hybridized carbons (Fsp3) is 0.500. The normalized spacial score (nSPS) is 15.7. The molecule has 1 aliphatic heterocycles. The number of nitrogens with zero attached hydrogens (tertiary/aromatic N) is 1. The molecule has 0 atom stereocenters. The van der Waals surface area contributed by atoms with Gasteiger partial charge in [0.2, 0.25) is 5.91 Å². The molecule has 1 saturated heterocycles. The number of para-hydroxylation sites is 1. The molecule has 0 N–H and O–H groups in total. The maximum atomic E-state index is 12.1. The molecule has 0 spiro atoms. The van der Waals surface area contributed by atoms with Crippen molar-refractivity contribution in [2.45, 2.75) is 17.9 Å². The number of hydrogen-bond acceptors (Lipinski definition) is 3. The molecule has 0 radical (unpaired) electrons. The lowest BCUT2D eigenvalue weighted by Gasteiger charge is -2.26. The van der Waals surface area contributed by atoms with Gasteiger partial charge >= 0.3 is 0 Å². The number of carbonyl (C=O) groups is 1. The van der Waals surface area contributed by atoms with Crippen molar-refractivity contribution in [3.05, 3.63) is 29.8 Å². The van der Waals surface area contributed by atoms with Gasteiger partial charge in [0, 0.05) is 23.7 Å². The maximum absolute atomic E-state index is 12.1.